The number of nitrogens with one attached hydrogen (secondary N) is 1. The number of hydrogen-bond donors (Lipinski definition) is 2. The Morgan fingerprint density at radius 2 is 2.42 bits per heavy atom. The molecule has 2 rings (SSSR count). The van der Waals surface area contributed by atoms with Gasteiger partial charge in [-0.2, -0.15) is 0 Å². The average molecular weight is 285 g/mol. The zero-order valence-electron chi connectivity index (χ0n) is 10.6. The van der Waals surface area contributed by atoms with Gasteiger partial charge in [-0.1, -0.05) is 0 Å². The first kappa shape index (κ1) is 13.7. The summed E-state index contributed by atoms with van der Waals surface area (Å²) < 4.78 is 5.32. The minimum absolute atomic E-state index is 0.375. The van der Waals surface area contributed by atoms with Gasteiger partial charge in [0.15, 0.2) is 0 Å². The van der Waals surface area contributed by atoms with Crippen molar-refractivity contribution in [1.82, 2.24) is 15.2 Å². The van der Waals surface area contributed by atoms with Gasteiger partial charge in [0.2, 0.25) is 5.89 Å². The molecule has 1 aromatic heterocycles. The number of aryl methyl sites for hydroxylation is 1. The van der Waals surface area contributed by atoms with Gasteiger partial charge in [0.25, 0.3) is 0 Å². The van der Waals surface area contributed by atoms with Crippen molar-refractivity contribution in [3.63, 3.8) is 0 Å². The topological polar surface area (TPSA) is 95.7 Å². The number of amides is 2. The van der Waals surface area contributed by atoms with Crippen LogP contribution < -0.4 is 5.32 Å². The van der Waals surface area contributed by atoms with Crippen LogP contribution in [0.25, 0.3) is 0 Å². The molecule has 2 heterocycles. The number of oxazole rings is 1. The Morgan fingerprint density at radius 1 is 1.68 bits per heavy atom. The van der Waals surface area contributed by atoms with Crippen molar-refractivity contribution < 1.29 is 19.1 Å². The fraction of sp³-hybridized carbons (Fsp3) is 0.545. The van der Waals surface area contributed by atoms with E-state index in [9.17, 15) is 9.59 Å². The molecule has 0 aromatic carbocycles. The van der Waals surface area contributed by atoms with Crippen molar-refractivity contribution in [3.8, 4) is 0 Å². The number of rotatable bonds is 3. The van der Waals surface area contributed by atoms with E-state index in [1.807, 2.05) is 0 Å². The molecule has 8 heteroatoms. The first-order valence-corrected chi connectivity index (χ1v) is 6.94. The monoisotopic (exact) mass is 285 g/mol. The molecule has 0 saturated carbocycles. The van der Waals surface area contributed by atoms with Crippen LogP contribution in [0.4, 0.5) is 4.79 Å². The number of carboxylic acids is 1. The third-order valence-corrected chi connectivity index (χ3v) is 3.79. The normalized spacial score (nSPS) is 20.3. The van der Waals surface area contributed by atoms with E-state index >= 15 is 0 Å². The summed E-state index contributed by atoms with van der Waals surface area (Å²) >= 11 is 1.42. The molecule has 7 nitrogen and oxygen atoms in total. The molecule has 2 atom stereocenters. The molecule has 1 aliphatic rings. The SMILES string of the molecule is Cc1cnc(C(C)NC(=O)N2CSC[C@H]2C(=O)O)o1. The largest absolute Gasteiger partial charge is 0.480 e. The number of urea groups is 1. The molecule has 2 N–H and O–H groups in total. The molecular weight excluding hydrogens is 270 g/mol. The predicted molar refractivity (Wildman–Crippen MR) is 68.8 cm³/mol. The van der Waals surface area contributed by atoms with E-state index in [1.165, 1.54) is 16.7 Å². The van der Waals surface area contributed by atoms with Crippen LogP contribution in [0.1, 0.15) is 24.6 Å². The zero-order valence-corrected chi connectivity index (χ0v) is 11.4. The van der Waals surface area contributed by atoms with E-state index in [-0.39, 0.29) is 0 Å². The van der Waals surface area contributed by atoms with E-state index in [0.717, 1.165) is 0 Å². The van der Waals surface area contributed by atoms with Crippen LogP contribution in [0.5, 0.6) is 0 Å². The average Bonchev–Trinajstić information content (AvgIpc) is 2.96. The van der Waals surface area contributed by atoms with Crippen LogP contribution in [0.2, 0.25) is 0 Å². The number of hydrogen-bond acceptors (Lipinski definition) is 5. The maximum Gasteiger partial charge on any atom is 0.327 e. The number of carboxylic acid groups (broad SMARTS) is 1. The third kappa shape index (κ3) is 3.01. The fourth-order valence-corrected chi connectivity index (χ4v) is 2.89. The fourth-order valence-electron chi connectivity index (χ4n) is 1.75. The lowest BCUT2D eigenvalue weighted by Crippen LogP contribution is -2.47. The van der Waals surface area contributed by atoms with Crippen LogP contribution >= 0.6 is 11.8 Å². The molecule has 1 aromatic rings. The van der Waals surface area contributed by atoms with Gasteiger partial charge in [-0.05, 0) is 13.8 Å². The summed E-state index contributed by atoms with van der Waals surface area (Å²) in [6.07, 6.45) is 1.57. The summed E-state index contributed by atoms with van der Waals surface area (Å²) in [6.45, 7) is 3.50. The first-order valence-electron chi connectivity index (χ1n) is 5.79. The third-order valence-electron chi connectivity index (χ3n) is 2.78. The number of aromatic nitrogens is 1. The first-order chi connectivity index (χ1) is 8.99. The van der Waals surface area contributed by atoms with Crippen LogP contribution in [0, 0.1) is 6.92 Å². The maximum atomic E-state index is 12.0. The number of carbonyl (C=O) groups excluding carboxylic acids is 1. The smallest absolute Gasteiger partial charge is 0.327 e. The van der Waals surface area contributed by atoms with Gasteiger partial charge >= 0.3 is 12.0 Å². The summed E-state index contributed by atoms with van der Waals surface area (Å²) in [5.41, 5.74) is 0. The highest BCUT2D eigenvalue weighted by molar-refractivity contribution is 7.99. The van der Waals surface area contributed by atoms with Crippen molar-refractivity contribution >= 4 is 23.8 Å². The quantitative estimate of drug-likeness (QED) is 0.866. The second-order valence-electron chi connectivity index (χ2n) is 4.30. The van der Waals surface area contributed by atoms with Gasteiger partial charge in [-0.15, -0.1) is 11.8 Å². The summed E-state index contributed by atoms with van der Waals surface area (Å²) in [7, 11) is 0. The highest BCUT2D eigenvalue weighted by atomic mass is 32.2. The van der Waals surface area contributed by atoms with Crippen molar-refractivity contribution in [3.05, 3.63) is 17.8 Å². The van der Waals surface area contributed by atoms with E-state index in [1.54, 1.807) is 20.0 Å². The van der Waals surface area contributed by atoms with Crippen LogP contribution in [-0.4, -0.2) is 44.7 Å². The Morgan fingerprint density at radius 3 is 3.00 bits per heavy atom. The zero-order chi connectivity index (χ0) is 14.0. The van der Waals surface area contributed by atoms with Crippen molar-refractivity contribution in [2.75, 3.05) is 11.6 Å². The highest BCUT2D eigenvalue weighted by Gasteiger charge is 2.35. The van der Waals surface area contributed by atoms with Gasteiger partial charge in [0.1, 0.15) is 17.8 Å². The van der Waals surface area contributed by atoms with E-state index in [4.69, 9.17) is 9.52 Å². The molecule has 0 aliphatic carbocycles. The Hall–Kier alpha value is -1.70. The molecule has 1 saturated heterocycles. The van der Waals surface area contributed by atoms with Crippen molar-refractivity contribution in [2.24, 2.45) is 0 Å². The Kier molecular flexibility index (Phi) is 3.98. The summed E-state index contributed by atoms with van der Waals surface area (Å²) in [5, 5.41) is 11.7. The standard InChI is InChI=1S/C11H15N3O4S/c1-6-3-12-9(18-6)7(2)13-11(17)14-5-19-4-8(14)10(15)16/h3,7-8H,4-5H2,1-2H3,(H,13,17)(H,15,16)/t7?,8-/m0/s1. The summed E-state index contributed by atoms with van der Waals surface area (Å²) in [6, 6.07) is -1.59. The molecule has 0 spiro atoms. The van der Waals surface area contributed by atoms with Gasteiger partial charge in [-0.25, -0.2) is 14.6 Å². The second-order valence-corrected chi connectivity index (χ2v) is 5.30. The molecule has 1 unspecified atom stereocenters. The van der Waals surface area contributed by atoms with Crippen LogP contribution in [-0.2, 0) is 4.79 Å². The van der Waals surface area contributed by atoms with Gasteiger partial charge in [-0.3, -0.25) is 0 Å². The number of carbonyl (C=O) groups is 2. The summed E-state index contributed by atoms with van der Waals surface area (Å²) in [4.78, 5) is 28.4. The van der Waals surface area contributed by atoms with E-state index < -0.39 is 24.1 Å². The van der Waals surface area contributed by atoms with E-state index in [0.29, 0.717) is 23.3 Å². The van der Waals surface area contributed by atoms with Gasteiger partial charge in [0.05, 0.1) is 12.1 Å². The van der Waals surface area contributed by atoms with Gasteiger partial charge in [0, 0.05) is 5.75 Å². The molecular formula is C11H15N3O4S. The Bertz CT molecular complexity index is 490. The molecule has 0 bridgehead atoms. The summed E-state index contributed by atoms with van der Waals surface area (Å²) in [5.74, 6) is 0.871. The van der Waals surface area contributed by atoms with Gasteiger partial charge < -0.3 is 19.7 Å². The van der Waals surface area contributed by atoms with E-state index in [2.05, 4.69) is 10.3 Å². The Balaban J connectivity index is 1.99. The molecule has 1 fully saturated rings. The highest BCUT2D eigenvalue weighted by Crippen LogP contribution is 2.22. The molecule has 0 radical (unpaired) electrons. The van der Waals surface area contributed by atoms with Crippen LogP contribution in [0.3, 0.4) is 0 Å². The van der Waals surface area contributed by atoms with Crippen molar-refractivity contribution in [1.29, 1.82) is 0 Å². The Labute approximate surface area is 114 Å². The minimum Gasteiger partial charge on any atom is -0.480 e. The molecule has 19 heavy (non-hydrogen) atoms. The maximum absolute atomic E-state index is 12.0. The van der Waals surface area contributed by atoms with Crippen molar-refractivity contribution in [2.45, 2.75) is 25.9 Å². The lowest BCUT2D eigenvalue weighted by Gasteiger charge is -2.22. The lowest BCUT2D eigenvalue weighted by molar-refractivity contribution is -0.140. The molecule has 104 valence electrons. The van der Waals surface area contributed by atoms with Crippen LogP contribution in [0.15, 0.2) is 10.6 Å². The minimum atomic E-state index is -0.986. The lowest BCUT2D eigenvalue weighted by atomic mass is 10.3. The predicted octanol–water partition coefficient (Wildman–Crippen LogP) is 1.21. The molecule has 1 aliphatic heterocycles. The number of nitrogens with zero attached hydrogens (tertiary/aromatic N) is 2. The second kappa shape index (κ2) is 5.52. The number of aliphatic carboxylic acids is 1. The number of thioether (sulfide) groups is 1. The molecule has 2 amide bonds.